The number of ether oxygens (including phenoxy) is 1. The Kier molecular flexibility index (Phi) is 4.88. The van der Waals surface area contributed by atoms with Gasteiger partial charge in [-0.05, 0) is 23.8 Å². The van der Waals surface area contributed by atoms with Crippen molar-refractivity contribution in [1.82, 2.24) is 15.3 Å². The van der Waals surface area contributed by atoms with E-state index < -0.39 is 0 Å². The molecule has 6 nitrogen and oxygen atoms in total. The predicted molar refractivity (Wildman–Crippen MR) is 75.4 cm³/mol. The van der Waals surface area contributed by atoms with Crippen LogP contribution in [0.25, 0.3) is 0 Å². The second-order valence-electron chi connectivity index (χ2n) is 4.03. The van der Waals surface area contributed by atoms with Crippen molar-refractivity contribution < 1.29 is 9.53 Å². The fourth-order valence-electron chi connectivity index (χ4n) is 1.50. The maximum Gasteiger partial charge on any atom is 0.257 e. The first-order valence-corrected chi connectivity index (χ1v) is 6.21. The minimum Gasteiger partial charge on any atom is -0.484 e. The summed E-state index contributed by atoms with van der Waals surface area (Å²) in [5, 5.41) is 5.61. The number of anilines is 1. The zero-order chi connectivity index (χ0) is 14.2. The standard InChI is InChI=1S/C14H16N4O2/c1-15-13(19)10-20-12-5-3-11(4-6-12)9-18-14-16-7-2-8-17-14/h2-8H,9-10H2,1H3,(H,15,19)(H,16,17,18). The summed E-state index contributed by atoms with van der Waals surface area (Å²) in [5.41, 5.74) is 1.07. The molecular weight excluding hydrogens is 256 g/mol. The van der Waals surface area contributed by atoms with Crippen molar-refractivity contribution in [3.8, 4) is 5.75 Å². The van der Waals surface area contributed by atoms with Crippen molar-refractivity contribution in [1.29, 1.82) is 0 Å². The topological polar surface area (TPSA) is 76.1 Å². The highest BCUT2D eigenvalue weighted by molar-refractivity contribution is 5.77. The SMILES string of the molecule is CNC(=O)COc1ccc(CNc2ncccn2)cc1. The van der Waals surface area contributed by atoms with Gasteiger partial charge in [0.1, 0.15) is 5.75 Å². The minimum atomic E-state index is -0.156. The molecule has 0 unspecified atom stereocenters. The largest absolute Gasteiger partial charge is 0.484 e. The Hall–Kier alpha value is -2.63. The van der Waals surface area contributed by atoms with Gasteiger partial charge in [0.15, 0.2) is 6.61 Å². The molecule has 6 heteroatoms. The van der Waals surface area contributed by atoms with Crippen LogP contribution >= 0.6 is 0 Å². The van der Waals surface area contributed by atoms with Gasteiger partial charge in [0.05, 0.1) is 0 Å². The highest BCUT2D eigenvalue weighted by Crippen LogP contribution is 2.12. The molecule has 0 fully saturated rings. The van der Waals surface area contributed by atoms with Gasteiger partial charge in [-0.1, -0.05) is 12.1 Å². The number of amides is 1. The summed E-state index contributed by atoms with van der Waals surface area (Å²) in [4.78, 5) is 19.2. The van der Waals surface area contributed by atoms with E-state index in [1.807, 2.05) is 24.3 Å². The molecule has 0 radical (unpaired) electrons. The highest BCUT2D eigenvalue weighted by atomic mass is 16.5. The van der Waals surface area contributed by atoms with Crippen LogP contribution < -0.4 is 15.4 Å². The minimum absolute atomic E-state index is 0.0198. The van der Waals surface area contributed by atoms with Crippen LogP contribution in [0.5, 0.6) is 5.75 Å². The quantitative estimate of drug-likeness (QED) is 0.826. The number of nitrogens with zero attached hydrogens (tertiary/aromatic N) is 2. The van der Waals surface area contributed by atoms with Crippen molar-refractivity contribution in [3.05, 3.63) is 48.3 Å². The third kappa shape index (κ3) is 4.24. The number of hydrogen-bond acceptors (Lipinski definition) is 5. The van der Waals surface area contributed by atoms with Crippen LogP contribution in [-0.4, -0.2) is 29.5 Å². The zero-order valence-corrected chi connectivity index (χ0v) is 11.2. The maximum atomic E-state index is 11.1. The zero-order valence-electron chi connectivity index (χ0n) is 11.2. The number of aromatic nitrogens is 2. The lowest BCUT2D eigenvalue weighted by molar-refractivity contribution is -0.122. The van der Waals surface area contributed by atoms with Crippen molar-refractivity contribution in [2.75, 3.05) is 19.0 Å². The molecule has 0 saturated heterocycles. The average molecular weight is 272 g/mol. The summed E-state index contributed by atoms with van der Waals surface area (Å²) in [5.74, 6) is 1.10. The first kappa shape index (κ1) is 13.8. The van der Waals surface area contributed by atoms with Crippen molar-refractivity contribution >= 4 is 11.9 Å². The molecule has 20 heavy (non-hydrogen) atoms. The highest BCUT2D eigenvalue weighted by Gasteiger charge is 2.00. The molecular formula is C14H16N4O2. The fraction of sp³-hybridized carbons (Fsp3) is 0.214. The number of likely N-dealkylation sites (N-methyl/N-ethyl adjacent to an activating group) is 1. The van der Waals surface area contributed by atoms with Crippen molar-refractivity contribution in [2.45, 2.75) is 6.54 Å². The fourth-order valence-corrected chi connectivity index (χ4v) is 1.50. The van der Waals surface area contributed by atoms with E-state index in [1.54, 1.807) is 25.5 Å². The number of nitrogens with one attached hydrogen (secondary N) is 2. The Bertz CT molecular complexity index is 543. The molecule has 0 aliphatic rings. The Morgan fingerprint density at radius 2 is 1.90 bits per heavy atom. The molecule has 104 valence electrons. The van der Waals surface area contributed by atoms with Crippen LogP contribution in [0.15, 0.2) is 42.7 Å². The third-order valence-electron chi connectivity index (χ3n) is 2.59. The normalized spacial score (nSPS) is 9.85. The molecule has 1 amide bonds. The van der Waals surface area contributed by atoms with E-state index in [9.17, 15) is 4.79 Å². The van der Waals surface area contributed by atoms with Gasteiger partial charge in [0.2, 0.25) is 5.95 Å². The van der Waals surface area contributed by atoms with Gasteiger partial charge in [-0.2, -0.15) is 0 Å². The molecule has 0 atom stereocenters. The third-order valence-corrected chi connectivity index (χ3v) is 2.59. The van der Waals surface area contributed by atoms with E-state index in [2.05, 4.69) is 20.6 Å². The predicted octanol–water partition coefficient (Wildman–Crippen LogP) is 1.21. The smallest absolute Gasteiger partial charge is 0.257 e. The number of carbonyl (C=O) groups is 1. The Morgan fingerprint density at radius 3 is 2.55 bits per heavy atom. The second kappa shape index (κ2) is 7.08. The van der Waals surface area contributed by atoms with Crippen LogP contribution in [0, 0.1) is 0 Å². The van der Waals surface area contributed by atoms with E-state index in [4.69, 9.17) is 4.74 Å². The molecule has 0 saturated carbocycles. The Labute approximate surface area is 117 Å². The first-order chi connectivity index (χ1) is 9.78. The van der Waals surface area contributed by atoms with Gasteiger partial charge >= 0.3 is 0 Å². The van der Waals surface area contributed by atoms with Crippen LogP contribution in [0.4, 0.5) is 5.95 Å². The summed E-state index contributed by atoms with van der Waals surface area (Å²) in [6.07, 6.45) is 3.37. The second-order valence-corrected chi connectivity index (χ2v) is 4.03. The molecule has 1 aromatic heterocycles. The molecule has 2 rings (SSSR count). The number of rotatable bonds is 6. The molecule has 1 aromatic carbocycles. The summed E-state index contributed by atoms with van der Waals surface area (Å²) in [7, 11) is 1.58. The van der Waals surface area contributed by atoms with Gasteiger partial charge in [0.25, 0.3) is 5.91 Å². The molecule has 0 bridgehead atoms. The molecule has 1 heterocycles. The number of carbonyl (C=O) groups excluding carboxylic acids is 1. The van der Waals surface area contributed by atoms with E-state index in [0.29, 0.717) is 18.2 Å². The van der Waals surface area contributed by atoms with Gasteiger partial charge in [-0.3, -0.25) is 4.79 Å². The van der Waals surface area contributed by atoms with Gasteiger partial charge < -0.3 is 15.4 Å². The summed E-state index contributed by atoms with van der Waals surface area (Å²) in [6.45, 7) is 0.645. The molecule has 2 N–H and O–H groups in total. The van der Waals surface area contributed by atoms with Crippen LogP contribution in [-0.2, 0) is 11.3 Å². The Balaban J connectivity index is 1.84. The lowest BCUT2D eigenvalue weighted by Gasteiger charge is -2.07. The van der Waals surface area contributed by atoms with Gasteiger partial charge in [-0.15, -0.1) is 0 Å². The average Bonchev–Trinajstić information content (AvgIpc) is 2.52. The van der Waals surface area contributed by atoms with E-state index in [0.717, 1.165) is 5.56 Å². The van der Waals surface area contributed by atoms with Gasteiger partial charge in [0, 0.05) is 26.0 Å². The van der Waals surface area contributed by atoms with E-state index >= 15 is 0 Å². The first-order valence-electron chi connectivity index (χ1n) is 6.21. The molecule has 2 aromatic rings. The molecule has 0 aliphatic carbocycles. The van der Waals surface area contributed by atoms with E-state index in [-0.39, 0.29) is 12.5 Å². The summed E-state index contributed by atoms with van der Waals surface area (Å²) < 4.78 is 5.32. The maximum absolute atomic E-state index is 11.1. The van der Waals surface area contributed by atoms with Crippen LogP contribution in [0.3, 0.4) is 0 Å². The lowest BCUT2D eigenvalue weighted by atomic mass is 10.2. The van der Waals surface area contributed by atoms with Crippen LogP contribution in [0.2, 0.25) is 0 Å². The lowest BCUT2D eigenvalue weighted by Crippen LogP contribution is -2.24. The summed E-state index contributed by atoms with van der Waals surface area (Å²) in [6, 6.07) is 9.27. The van der Waals surface area contributed by atoms with E-state index in [1.165, 1.54) is 0 Å². The van der Waals surface area contributed by atoms with Crippen molar-refractivity contribution in [3.63, 3.8) is 0 Å². The van der Waals surface area contributed by atoms with Crippen LogP contribution in [0.1, 0.15) is 5.56 Å². The summed E-state index contributed by atoms with van der Waals surface area (Å²) >= 11 is 0. The Morgan fingerprint density at radius 1 is 1.20 bits per heavy atom. The molecule has 0 spiro atoms. The monoisotopic (exact) mass is 272 g/mol. The number of benzene rings is 1. The van der Waals surface area contributed by atoms with Gasteiger partial charge in [-0.25, -0.2) is 9.97 Å². The van der Waals surface area contributed by atoms with Crippen molar-refractivity contribution in [2.24, 2.45) is 0 Å². The number of hydrogen-bond donors (Lipinski definition) is 2. The molecule has 0 aliphatic heterocycles.